The summed E-state index contributed by atoms with van der Waals surface area (Å²) in [4.78, 5) is 33.5. The Hall–Kier alpha value is -2.17. The van der Waals surface area contributed by atoms with E-state index in [2.05, 4.69) is 9.97 Å². The number of nitrogens with zero attached hydrogens (tertiary/aromatic N) is 2. The number of H-pyrrole nitrogens is 1. The van der Waals surface area contributed by atoms with Gasteiger partial charge in [-0.1, -0.05) is 0 Å². The van der Waals surface area contributed by atoms with Gasteiger partial charge in [-0.05, 0) is 43.9 Å². The molecule has 1 saturated heterocycles. The Labute approximate surface area is 128 Å². The average Bonchev–Trinajstić information content (AvgIpc) is 3.39. The second kappa shape index (κ2) is 5.23. The van der Waals surface area contributed by atoms with Gasteiger partial charge in [0.05, 0.1) is 10.9 Å². The molecule has 0 aromatic carbocycles. The third-order valence-corrected chi connectivity index (χ3v) is 4.81. The van der Waals surface area contributed by atoms with Crippen LogP contribution in [0.25, 0.3) is 10.9 Å². The van der Waals surface area contributed by atoms with Crippen molar-refractivity contribution in [3.8, 4) is 0 Å². The predicted octanol–water partition coefficient (Wildman–Crippen LogP) is 2.04. The number of hydrogen-bond acceptors (Lipinski definition) is 3. The Morgan fingerprint density at radius 1 is 1.23 bits per heavy atom. The fraction of sp³-hybridized carbons (Fsp3) is 0.471. The molecule has 2 aromatic rings. The first-order chi connectivity index (χ1) is 10.7. The molecule has 5 nitrogen and oxygen atoms in total. The molecule has 1 amide bonds. The van der Waals surface area contributed by atoms with Crippen LogP contribution in [0.15, 0.2) is 29.2 Å². The first-order valence-corrected chi connectivity index (χ1v) is 7.99. The fourth-order valence-corrected chi connectivity index (χ4v) is 3.33. The zero-order valence-corrected chi connectivity index (χ0v) is 12.4. The van der Waals surface area contributed by atoms with Crippen LogP contribution in [0.2, 0.25) is 0 Å². The van der Waals surface area contributed by atoms with Gasteiger partial charge in [0.15, 0.2) is 0 Å². The van der Waals surface area contributed by atoms with E-state index in [-0.39, 0.29) is 5.56 Å². The second-order valence-corrected chi connectivity index (χ2v) is 6.36. The molecule has 5 heteroatoms. The number of amides is 1. The van der Waals surface area contributed by atoms with Crippen LogP contribution in [0.3, 0.4) is 0 Å². The van der Waals surface area contributed by atoms with E-state index in [0.29, 0.717) is 23.1 Å². The second-order valence-electron chi connectivity index (χ2n) is 6.36. The molecule has 0 radical (unpaired) electrons. The molecule has 2 fully saturated rings. The minimum atomic E-state index is -0.0721. The van der Waals surface area contributed by atoms with E-state index in [1.54, 1.807) is 18.3 Å². The van der Waals surface area contributed by atoms with Gasteiger partial charge in [-0.3, -0.25) is 14.6 Å². The molecule has 0 unspecified atom stereocenters. The summed E-state index contributed by atoms with van der Waals surface area (Å²) >= 11 is 0. The van der Waals surface area contributed by atoms with Gasteiger partial charge < -0.3 is 9.88 Å². The Bertz CT molecular complexity index is 771. The third-order valence-electron chi connectivity index (χ3n) is 4.81. The highest BCUT2D eigenvalue weighted by Gasteiger charge is 2.35. The van der Waals surface area contributed by atoms with Crippen molar-refractivity contribution < 1.29 is 4.79 Å². The van der Waals surface area contributed by atoms with Crippen LogP contribution in [0.4, 0.5) is 0 Å². The van der Waals surface area contributed by atoms with Crippen LogP contribution in [0, 0.1) is 5.92 Å². The maximum atomic E-state index is 12.2. The number of rotatable bonds is 2. The van der Waals surface area contributed by atoms with Crippen LogP contribution in [-0.2, 0) is 4.79 Å². The predicted molar refractivity (Wildman–Crippen MR) is 83.6 cm³/mol. The van der Waals surface area contributed by atoms with E-state index >= 15 is 0 Å². The van der Waals surface area contributed by atoms with Crippen molar-refractivity contribution in [1.29, 1.82) is 0 Å². The van der Waals surface area contributed by atoms with Gasteiger partial charge in [-0.25, -0.2) is 0 Å². The van der Waals surface area contributed by atoms with Crippen molar-refractivity contribution >= 4 is 16.8 Å². The molecule has 0 atom stereocenters. The molecule has 1 aliphatic carbocycles. The number of carbonyl (C=O) groups is 1. The lowest BCUT2D eigenvalue weighted by molar-refractivity contribution is -0.133. The molecule has 22 heavy (non-hydrogen) atoms. The molecule has 0 spiro atoms. The molecule has 4 rings (SSSR count). The van der Waals surface area contributed by atoms with Crippen LogP contribution in [0.1, 0.15) is 37.3 Å². The van der Waals surface area contributed by atoms with Gasteiger partial charge in [-0.15, -0.1) is 0 Å². The number of likely N-dealkylation sites (tertiary alicyclic amines) is 1. The van der Waals surface area contributed by atoms with Gasteiger partial charge in [0.2, 0.25) is 5.91 Å². The van der Waals surface area contributed by atoms with E-state index < -0.39 is 0 Å². The van der Waals surface area contributed by atoms with Crippen molar-refractivity contribution in [2.45, 2.75) is 31.6 Å². The first-order valence-electron chi connectivity index (χ1n) is 7.99. The first kappa shape index (κ1) is 13.5. The highest BCUT2D eigenvalue weighted by atomic mass is 16.2. The highest BCUT2D eigenvalue weighted by molar-refractivity contribution is 5.81. The van der Waals surface area contributed by atoms with Crippen LogP contribution >= 0.6 is 0 Å². The standard InChI is InChI=1S/C17H19N3O2/c21-16-13-2-1-7-18-15(13)10-14(19-16)11-5-8-20(9-6-11)17(22)12-3-4-12/h1-2,7,10-12H,3-6,8-9H2,(H,19,21). The number of nitrogens with one attached hydrogen (secondary N) is 1. The van der Waals surface area contributed by atoms with E-state index in [1.165, 1.54) is 0 Å². The summed E-state index contributed by atoms with van der Waals surface area (Å²) in [6, 6.07) is 5.56. The molecule has 2 aliphatic rings. The largest absolute Gasteiger partial charge is 0.342 e. The maximum absolute atomic E-state index is 12.2. The number of piperidine rings is 1. The smallest absolute Gasteiger partial charge is 0.257 e. The monoisotopic (exact) mass is 297 g/mol. The van der Waals surface area contributed by atoms with Gasteiger partial charge in [0.1, 0.15) is 0 Å². The lowest BCUT2D eigenvalue weighted by Crippen LogP contribution is -2.39. The molecular weight excluding hydrogens is 278 g/mol. The number of carbonyl (C=O) groups excluding carboxylic acids is 1. The minimum absolute atomic E-state index is 0.0721. The lowest BCUT2D eigenvalue weighted by Gasteiger charge is -2.32. The molecule has 114 valence electrons. The fourth-order valence-electron chi connectivity index (χ4n) is 3.33. The lowest BCUT2D eigenvalue weighted by atomic mass is 9.92. The maximum Gasteiger partial charge on any atom is 0.257 e. The number of aromatic amines is 1. The van der Waals surface area contributed by atoms with Crippen molar-refractivity contribution in [2.75, 3.05) is 13.1 Å². The van der Waals surface area contributed by atoms with E-state index in [1.807, 2.05) is 11.0 Å². The summed E-state index contributed by atoms with van der Waals surface area (Å²) < 4.78 is 0. The summed E-state index contributed by atoms with van der Waals surface area (Å²) in [5.41, 5.74) is 1.63. The van der Waals surface area contributed by atoms with Crippen molar-refractivity contribution in [3.05, 3.63) is 40.4 Å². The zero-order chi connectivity index (χ0) is 15.1. The molecule has 1 aliphatic heterocycles. The Morgan fingerprint density at radius 3 is 2.73 bits per heavy atom. The molecular formula is C17H19N3O2. The highest BCUT2D eigenvalue weighted by Crippen LogP contribution is 2.34. The van der Waals surface area contributed by atoms with Crippen molar-refractivity contribution in [1.82, 2.24) is 14.9 Å². The Morgan fingerprint density at radius 2 is 2.00 bits per heavy atom. The Kier molecular flexibility index (Phi) is 3.21. The summed E-state index contributed by atoms with van der Waals surface area (Å²) in [6.45, 7) is 1.59. The van der Waals surface area contributed by atoms with Crippen LogP contribution in [0.5, 0.6) is 0 Å². The van der Waals surface area contributed by atoms with Gasteiger partial charge in [0.25, 0.3) is 5.56 Å². The number of pyridine rings is 2. The third kappa shape index (κ3) is 2.40. The van der Waals surface area contributed by atoms with Gasteiger partial charge >= 0.3 is 0 Å². The quantitative estimate of drug-likeness (QED) is 0.922. The van der Waals surface area contributed by atoms with E-state index in [9.17, 15) is 9.59 Å². The number of hydrogen-bond donors (Lipinski definition) is 1. The zero-order valence-electron chi connectivity index (χ0n) is 12.4. The number of aromatic nitrogens is 2. The van der Waals surface area contributed by atoms with E-state index in [0.717, 1.165) is 50.0 Å². The van der Waals surface area contributed by atoms with Crippen LogP contribution < -0.4 is 5.56 Å². The topological polar surface area (TPSA) is 66.1 Å². The SMILES string of the molecule is O=C(C1CC1)N1CCC(c2cc3ncccc3c(=O)[nH]2)CC1. The van der Waals surface area contributed by atoms with Crippen molar-refractivity contribution in [2.24, 2.45) is 5.92 Å². The average molecular weight is 297 g/mol. The number of fused-ring (bicyclic) bond motifs is 1. The van der Waals surface area contributed by atoms with Gasteiger partial charge in [-0.2, -0.15) is 0 Å². The van der Waals surface area contributed by atoms with E-state index in [4.69, 9.17) is 0 Å². The molecule has 2 aromatic heterocycles. The molecule has 1 N–H and O–H groups in total. The van der Waals surface area contributed by atoms with Crippen molar-refractivity contribution in [3.63, 3.8) is 0 Å². The molecule has 0 bridgehead atoms. The summed E-state index contributed by atoms with van der Waals surface area (Å²) in [5.74, 6) is 0.927. The summed E-state index contributed by atoms with van der Waals surface area (Å²) in [7, 11) is 0. The molecule has 3 heterocycles. The summed E-state index contributed by atoms with van der Waals surface area (Å²) in [6.07, 6.45) is 5.65. The van der Waals surface area contributed by atoms with Crippen LogP contribution in [-0.4, -0.2) is 33.9 Å². The summed E-state index contributed by atoms with van der Waals surface area (Å²) in [5, 5.41) is 0.632. The Balaban J connectivity index is 1.53. The molecule has 1 saturated carbocycles. The normalized spacial score (nSPS) is 19.5. The minimum Gasteiger partial charge on any atom is -0.342 e. The van der Waals surface area contributed by atoms with Gasteiger partial charge in [0, 0.05) is 36.8 Å².